The first kappa shape index (κ1) is 12.6. The highest BCUT2D eigenvalue weighted by molar-refractivity contribution is 9.10. The number of aryl methyl sites for hydroxylation is 1. The second-order valence-electron chi connectivity index (χ2n) is 3.49. The van der Waals surface area contributed by atoms with Crippen molar-refractivity contribution >= 4 is 21.9 Å². The second-order valence-corrected chi connectivity index (χ2v) is 4.35. The zero-order valence-electron chi connectivity index (χ0n) is 9.05. The number of rotatable bonds is 4. The first-order valence-corrected chi connectivity index (χ1v) is 5.80. The summed E-state index contributed by atoms with van der Waals surface area (Å²) in [7, 11) is 0. The van der Waals surface area contributed by atoms with Crippen LogP contribution in [0.3, 0.4) is 0 Å². The number of carboxylic acids is 1. The lowest BCUT2D eigenvalue weighted by Gasteiger charge is -2.05. The van der Waals surface area contributed by atoms with Crippen molar-refractivity contribution in [3.63, 3.8) is 0 Å². The minimum absolute atomic E-state index is 0.106. The van der Waals surface area contributed by atoms with Crippen LogP contribution < -0.4 is 0 Å². The average Bonchev–Trinajstić information content (AvgIpc) is 2.77. The molecule has 0 aliphatic heterocycles. The van der Waals surface area contributed by atoms with Crippen molar-refractivity contribution in [1.29, 1.82) is 0 Å². The van der Waals surface area contributed by atoms with E-state index in [0.29, 0.717) is 15.9 Å². The van der Waals surface area contributed by atoms with Crippen molar-refractivity contribution in [2.24, 2.45) is 0 Å². The molecule has 94 valence electrons. The van der Waals surface area contributed by atoms with Gasteiger partial charge in [-0.1, -0.05) is 15.9 Å². The van der Waals surface area contributed by atoms with E-state index >= 15 is 0 Å². The molecular formula is C10H8BrFN4O2. The molecule has 1 aromatic heterocycles. The fourth-order valence-corrected chi connectivity index (χ4v) is 1.84. The van der Waals surface area contributed by atoms with Gasteiger partial charge in [0.05, 0.1) is 13.0 Å². The highest BCUT2D eigenvalue weighted by Crippen LogP contribution is 2.26. The molecular weight excluding hydrogens is 307 g/mol. The molecule has 0 saturated carbocycles. The summed E-state index contributed by atoms with van der Waals surface area (Å²) in [6.45, 7) is 0.126. The van der Waals surface area contributed by atoms with Crippen LogP contribution in [-0.4, -0.2) is 31.3 Å². The highest BCUT2D eigenvalue weighted by atomic mass is 79.9. The molecule has 0 bridgehead atoms. The third kappa shape index (κ3) is 2.70. The van der Waals surface area contributed by atoms with Crippen LogP contribution in [-0.2, 0) is 11.3 Å². The van der Waals surface area contributed by atoms with Crippen molar-refractivity contribution in [1.82, 2.24) is 20.2 Å². The Hall–Kier alpha value is -1.83. The molecule has 1 N–H and O–H groups in total. The number of aromatic nitrogens is 4. The summed E-state index contributed by atoms with van der Waals surface area (Å²) < 4.78 is 15.2. The molecule has 0 radical (unpaired) electrons. The molecule has 0 unspecified atom stereocenters. The van der Waals surface area contributed by atoms with E-state index in [0.717, 1.165) is 0 Å². The van der Waals surface area contributed by atoms with E-state index < -0.39 is 11.8 Å². The van der Waals surface area contributed by atoms with Gasteiger partial charge in [0, 0.05) is 10.0 Å². The van der Waals surface area contributed by atoms with Crippen LogP contribution in [0.5, 0.6) is 0 Å². The summed E-state index contributed by atoms with van der Waals surface area (Å²) in [4.78, 5) is 10.5. The molecule has 0 spiro atoms. The number of nitrogens with zero attached hydrogens (tertiary/aromatic N) is 4. The molecule has 8 heteroatoms. The third-order valence-electron chi connectivity index (χ3n) is 2.24. The fraction of sp³-hybridized carbons (Fsp3) is 0.200. The predicted octanol–water partition coefficient (Wildman–Crippen LogP) is 1.72. The van der Waals surface area contributed by atoms with Gasteiger partial charge in [-0.15, -0.1) is 5.10 Å². The minimum Gasteiger partial charge on any atom is -0.481 e. The Morgan fingerprint density at radius 1 is 1.50 bits per heavy atom. The molecule has 0 saturated heterocycles. The van der Waals surface area contributed by atoms with Crippen LogP contribution in [0.15, 0.2) is 22.7 Å². The Kier molecular flexibility index (Phi) is 3.66. The molecule has 18 heavy (non-hydrogen) atoms. The largest absolute Gasteiger partial charge is 0.481 e. The van der Waals surface area contributed by atoms with Crippen LogP contribution in [0.4, 0.5) is 4.39 Å². The van der Waals surface area contributed by atoms with E-state index in [1.807, 2.05) is 0 Å². The summed E-state index contributed by atoms with van der Waals surface area (Å²) in [5.74, 6) is -1.04. The average molecular weight is 315 g/mol. The number of benzene rings is 1. The number of aliphatic carboxylic acids is 1. The summed E-state index contributed by atoms with van der Waals surface area (Å²) in [5, 5.41) is 19.6. The quantitative estimate of drug-likeness (QED) is 0.929. The number of hydrogen-bond acceptors (Lipinski definition) is 4. The molecule has 2 aromatic rings. The van der Waals surface area contributed by atoms with Crippen molar-refractivity contribution in [3.8, 4) is 11.4 Å². The van der Waals surface area contributed by atoms with Gasteiger partial charge < -0.3 is 5.11 Å². The Morgan fingerprint density at radius 3 is 3.00 bits per heavy atom. The predicted molar refractivity (Wildman–Crippen MR) is 63.2 cm³/mol. The molecule has 1 aromatic carbocycles. The lowest BCUT2D eigenvalue weighted by atomic mass is 10.2. The van der Waals surface area contributed by atoms with Gasteiger partial charge in [-0.3, -0.25) is 4.79 Å². The van der Waals surface area contributed by atoms with Gasteiger partial charge in [0.15, 0.2) is 5.82 Å². The van der Waals surface area contributed by atoms with Crippen LogP contribution in [0.1, 0.15) is 6.42 Å². The molecule has 0 aliphatic rings. The molecule has 0 aliphatic carbocycles. The van der Waals surface area contributed by atoms with Crippen LogP contribution in [0, 0.1) is 5.82 Å². The summed E-state index contributed by atoms with van der Waals surface area (Å²) >= 11 is 3.27. The zero-order valence-corrected chi connectivity index (χ0v) is 10.6. The number of carboxylic acid groups (broad SMARTS) is 1. The van der Waals surface area contributed by atoms with Crippen molar-refractivity contribution in [2.75, 3.05) is 0 Å². The molecule has 0 atom stereocenters. The van der Waals surface area contributed by atoms with Crippen LogP contribution in [0.2, 0.25) is 0 Å². The van der Waals surface area contributed by atoms with Gasteiger partial charge in [0.25, 0.3) is 0 Å². The number of halogens is 2. The SMILES string of the molecule is O=C(O)CCn1nnnc1-c1cc(F)ccc1Br. The van der Waals surface area contributed by atoms with Crippen LogP contribution >= 0.6 is 15.9 Å². The summed E-state index contributed by atoms with van der Waals surface area (Å²) in [6, 6.07) is 4.13. The lowest BCUT2D eigenvalue weighted by molar-refractivity contribution is -0.137. The number of hydrogen-bond donors (Lipinski definition) is 1. The molecule has 1 heterocycles. The second kappa shape index (κ2) is 5.21. The molecule has 0 amide bonds. The Morgan fingerprint density at radius 2 is 2.28 bits per heavy atom. The van der Waals surface area contributed by atoms with E-state index in [2.05, 4.69) is 31.5 Å². The Labute approximate surface area is 110 Å². The Balaban J connectivity index is 2.36. The van der Waals surface area contributed by atoms with Gasteiger partial charge in [0.1, 0.15) is 5.82 Å². The lowest BCUT2D eigenvalue weighted by Crippen LogP contribution is -2.08. The third-order valence-corrected chi connectivity index (χ3v) is 2.93. The van der Waals surface area contributed by atoms with E-state index in [4.69, 9.17) is 5.11 Å². The number of carbonyl (C=O) groups is 1. The van der Waals surface area contributed by atoms with Gasteiger partial charge in [0.2, 0.25) is 0 Å². The van der Waals surface area contributed by atoms with E-state index in [9.17, 15) is 9.18 Å². The van der Waals surface area contributed by atoms with Crippen molar-refractivity contribution in [3.05, 3.63) is 28.5 Å². The van der Waals surface area contributed by atoms with Gasteiger partial charge in [-0.25, -0.2) is 9.07 Å². The molecule has 6 nitrogen and oxygen atoms in total. The smallest absolute Gasteiger partial charge is 0.305 e. The first-order valence-electron chi connectivity index (χ1n) is 5.01. The highest BCUT2D eigenvalue weighted by Gasteiger charge is 2.13. The first-order chi connectivity index (χ1) is 8.58. The monoisotopic (exact) mass is 314 g/mol. The van der Waals surface area contributed by atoms with E-state index in [1.54, 1.807) is 6.07 Å². The topological polar surface area (TPSA) is 80.9 Å². The minimum atomic E-state index is -0.949. The summed E-state index contributed by atoms with van der Waals surface area (Å²) in [5.41, 5.74) is 0.477. The molecule has 0 fully saturated rings. The van der Waals surface area contributed by atoms with Crippen molar-refractivity contribution < 1.29 is 14.3 Å². The standard InChI is InChI=1S/C10H8BrFN4O2/c11-8-2-1-6(12)5-7(8)10-13-14-15-16(10)4-3-9(17)18/h1-2,5H,3-4H2,(H,17,18). The van der Waals surface area contributed by atoms with Gasteiger partial charge in [-0.2, -0.15) is 0 Å². The normalized spacial score (nSPS) is 10.6. The maximum atomic E-state index is 13.2. The van der Waals surface area contributed by atoms with Crippen LogP contribution in [0.25, 0.3) is 11.4 Å². The van der Waals surface area contributed by atoms with Crippen molar-refractivity contribution in [2.45, 2.75) is 13.0 Å². The maximum Gasteiger partial charge on any atom is 0.305 e. The number of tetrazole rings is 1. The van der Waals surface area contributed by atoms with E-state index in [1.165, 1.54) is 16.8 Å². The van der Waals surface area contributed by atoms with Gasteiger partial charge >= 0.3 is 5.97 Å². The summed E-state index contributed by atoms with van der Waals surface area (Å²) in [6.07, 6.45) is -0.106. The van der Waals surface area contributed by atoms with Gasteiger partial charge in [-0.05, 0) is 28.6 Å². The fourth-order valence-electron chi connectivity index (χ4n) is 1.42. The Bertz CT molecular complexity index is 587. The van der Waals surface area contributed by atoms with E-state index in [-0.39, 0.29) is 13.0 Å². The molecule has 2 rings (SSSR count). The maximum absolute atomic E-state index is 13.2. The zero-order chi connectivity index (χ0) is 13.1.